The summed E-state index contributed by atoms with van der Waals surface area (Å²) in [5.74, 6) is -3.04. The number of amides is 2. The van der Waals surface area contributed by atoms with Crippen molar-refractivity contribution in [3.63, 3.8) is 0 Å². The lowest BCUT2D eigenvalue weighted by Gasteiger charge is -2.29. The van der Waals surface area contributed by atoms with Gasteiger partial charge in [-0.05, 0) is 36.6 Å². The number of Topliss-reactive ketones (excluding diaryl/α,β-unsaturated/α-hetero) is 2. The van der Waals surface area contributed by atoms with Crippen molar-refractivity contribution in [2.75, 3.05) is 11.5 Å². The Bertz CT molecular complexity index is 1130. The average Bonchev–Trinajstić information content (AvgIpc) is 3.38. The van der Waals surface area contributed by atoms with Gasteiger partial charge in [0.15, 0.2) is 17.1 Å². The van der Waals surface area contributed by atoms with Gasteiger partial charge in [0.05, 0.1) is 24.1 Å². The number of carbonyl (C=O) groups is 4. The van der Waals surface area contributed by atoms with Crippen molar-refractivity contribution in [2.24, 2.45) is 17.8 Å². The quantitative estimate of drug-likeness (QED) is 0.561. The van der Waals surface area contributed by atoms with Gasteiger partial charge in [0.1, 0.15) is 5.75 Å². The van der Waals surface area contributed by atoms with Crippen LogP contribution in [0.15, 0.2) is 48.5 Å². The molecule has 1 aliphatic carbocycles. The average molecular weight is 447 g/mol. The summed E-state index contributed by atoms with van der Waals surface area (Å²) in [4.78, 5) is 55.7. The Labute approximate surface area is 192 Å². The van der Waals surface area contributed by atoms with E-state index in [0.717, 1.165) is 11.3 Å². The molecule has 1 N–H and O–H groups in total. The Kier molecular flexibility index (Phi) is 4.97. The van der Waals surface area contributed by atoms with E-state index in [9.17, 15) is 19.2 Å². The molecule has 33 heavy (non-hydrogen) atoms. The number of rotatable bonds is 5. The minimum atomic E-state index is -1.74. The zero-order chi connectivity index (χ0) is 23.5. The molecule has 0 saturated carbocycles. The monoisotopic (exact) mass is 446 g/mol. The van der Waals surface area contributed by atoms with Crippen LogP contribution in [0, 0.1) is 17.8 Å². The molecule has 0 aromatic heterocycles. The van der Waals surface area contributed by atoms with Crippen LogP contribution in [0.25, 0.3) is 0 Å². The second-order valence-electron chi connectivity index (χ2n) is 9.28. The van der Waals surface area contributed by atoms with Gasteiger partial charge < -0.3 is 4.74 Å². The second kappa shape index (κ2) is 7.63. The number of ketones is 2. The number of hydrogen-bond donors (Lipinski definition) is 1. The van der Waals surface area contributed by atoms with Crippen LogP contribution in [0.4, 0.5) is 5.69 Å². The summed E-state index contributed by atoms with van der Waals surface area (Å²) in [6, 6.07) is 12.9. The molecule has 2 aliphatic heterocycles. The molecule has 2 heterocycles. The molecule has 0 unspecified atom stereocenters. The first-order valence-electron chi connectivity index (χ1n) is 11.4. The van der Waals surface area contributed by atoms with Crippen LogP contribution < -0.4 is 15.0 Å². The number of fused-ring (bicyclic) bond motifs is 3. The van der Waals surface area contributed by atoms with Gasteiger partial charge in [0, 0.05) is 17.2 Å². The highest BCUT2D eigenvalue weighted by Crippen LogP contribution is 2.51. The Morgan fingerprint density at radius 1 is 0.939 bits per heavy atom. The van der Waals surface area contributed by atoms with E-state index in [1.54, 1.807) is 48.5 Å². The van der Waals surface area contributed by atoms with Gasteiger partial charge in [-0.15, -0.1) is 0 Å². The number of benzene rings is 2. The third-order valence-corrected chi connectivity index (χ3v) is 7.02. The van der Waals surface area contributed by atoms with Gasteiger partial charge in [0.2, 0.25) is 11.8 Å². The lowest BCUT2D eigenvalue weighted by atomic mass is 9.76. The molecule has 2 fully saturated rings. The summed E-state index contributed by atoms with van der Waals surface area (Å²) < 4.78 is 5.60. The highest BCUT2D eigenvalue weighted by Gasteiger charge is 2.73. The molecule has 7 heteroatoms. The molecule has 3 atom stereocenters. The van der Waals surface area contributed by atoms with Crippen molar-refractivity contribution in [2.45, 2.75) is 38.8 Å². The molecule has 0 bridgehead atoms. The van der Waals surface area contributed by atoms with E-state index in [1.807, 2.05) is 20.8 Å². The van der Waals surface area contributed by atoms with Crippen molar-refractivity contribution < 1.29 is 23.9 Å². The molecule has 2 aromatic rings. The first kappa shape index (κ1) is 21.5. The van der Waals surface area contributed by atoms with Gasteiger partial charge >= 0.3 is 0 Å². The molecule has 1 spiro atoms. The van der Waals surface area contributed by atoms with Gasteiger partial charge in [-0.2, -0.15) is 0 Å². The topological polar surface area (TPSA) is 92.8 Å². The summed E-state index contributed by atoms with van der Waals surface area (Å²) in [5.41, 5.74) is -0.727. The van der Waals surface area contributed by atoms with Crippen LogP contribution in [0.1, 0.15) is 47.9 Å². The number of hydrogen-bond acceptors (Lipinski definition) is 6. The standard InChI is InChI=1S/C26H26N2O5/c1-4-13-33-16-11-9-15(10-12-16)28-24(31)19-20(25(28)32)26(27-21(19)14(2)3)22(29)17-7-5-6-8-18(17)23(26)30/h5-12,14,19-21,27H,4,13H2,1-3H3/t19-,20-,21-/m1/s1. The van der Waals surface area contributed by atoms with Gasteiger partial charge in [-0.25, -0.2) is 4.90 Å². The van der Waals surface area contributed by atoms with Crippen LogP contribution in [-0.2, 0) is 9.59 Å². The van der Waals surface area contributed by atoms with E-state index in [4.69, 9.17) is 4.74 Å². The van der Waals surface area contributed by atoms with Crippen LogP contribution in [-0.4, -0.2) is 41.6 Å². The Balaban J connectivity index is 1.57. The predicted molar refractivity (Wildman–Crippen MR) is 121 cm³/mol. The number of imide groups is 1. The Morgan fingerprint density at radius 3 is 2.09 bits per heavy atom. The SMILES string of the molecule is CCCOc1ccc(N2C(=O)[C@H]3[C@@H](C(C)C)NC4(C(=O)c5ccccc5C4=O)[C@H]3C2=O)cc1. The fourth-order valence-corrected chi connectivity index (χ4v) is 5.52. The molecular weight excluding hydrogens is 420 g/mol. The van der Waals surface area contributed by atoms with Crippen molar-refractivity contribution in [1.29, 1.82) is 0 Å². The molecule has 7 nitrogen and oxygen atoms in total. The maximum absolute atomic E-state index is 13.8. The first-order valence-corrected chi connectivity index (χ1v) is 11.4. The van der Waals surface area contributed by atoms with Crippen molar-refractivity contribution in [3.8, 4) is 5.75 Å². The van der Waals surface area contributed by atoms with Crippen LogP contribution >= 0.6 is 0 Å². The second-order valence-corrected chi connectivity index (χ2v) is 9.28. The molecule has 170 valence electrons. The fourth-order valence-electron chi connectivity index (χ4n) is 5.52. The fraction of sp³-hybridized carbons (Fsp3) is 0.385. The van der Waals surface area contributed by atoms with E-state index < -0.39 is 40.9 Å². The van der Waals surface area contributed by atoms with Crippen LogP contribution in [0.5, 0.6) is 5.75 Å². The predicted octanol–water partition coefficient (Wildman–Crippen LogP) is 3.03. The molecule has 3 aliphatic rings. The Hall–Kier alpha value is -3.32. The molecular formula is C26H26N2O5. The van der Waals surface area contributed by atoms with E-state index in [1.165, 1.54) is 0 Å². The summed E-state index contributed by atoms with van der Waals surface area (Å²) >= 11 is 0. The highest BCUT2D eigenvalue weighted by atomic mass is 16.5. The minimum Gasteiger partial charge on any atom is -0.494 e. The number of nitrogens with zero attached hydrogens (tertiary/aromatic N) is 1. The molecule has 2 aromatic carbocycles. The third-order valence-electron chi connectivity index (χ3n) is 7.02. The number of ether oxygens (including phenoxy) is 1. The van der Waals surface area contributed by atoms with Crippen LogP contribution in [0.2, 0.25) is 0 Å². The van der Waals surface area contributed by atoms with E-state index >= 15 is 0 Å². The summed E-state index contributed by atoms with van der Waals surface area (Å²) in [6.45, 7) is 6.42. The number of carbonyl (C=O) groups excluding carboxylic acids is 4. The smallest absolute Gasteiger partial charge is 0.240 e. The summed E-state index contributed by atoms with van der Waals surface area (Å²) in [5, 5.41) is 3.19. The highest BCUT2D eigenvalue weighted by molar-refractivity contribution is 6.37. The van der Waals surface area contributed by atoms with Crippen molar-refractivity contribution >= 4 is 29.1 Å². The van der Waals surface area contributed by atoms with Crippen LogP contribution in [0.3, 0.4) is 0 Å². The lowest BCUT2D eigenvalue weighted by Crippen LogP contribution is -2.59. The first-order chi connectivity index (χ1) is 15.8. The molecule has 5 rings (SSSR count). The van der Waals surface area contributed by atoms with E-state index in [0.29, 0.717) is 29.2 Å². The van der Waals surface area contributed by atoms with E-state index in [-0.39, 0.29) is 11.8 Å². The molecule has 2 saturated heterocycles. The summed E-state index contributed by atoms with van der Waals surface area (Å²) in [6.07, 6.45) is 0.865. The van der Waals surface area contributed by atoms with Gasteiger partial charge in [-0.3, -0.25) is 24.5 Å². The lowest BCUT2D eigenvalue weighted by molar-refractivity contribution is -0.123. The minimum absolute atomic E-state index is 0.0669. The number of nitrogens with one attached hydrogen (secondary N) is 1. The maximum Gasteiger partial charge on any atom is 0.240 e. The zero-order valence-electron chi connectivity index (χ0n) is 18.8. The van der Waals surface area contributed by atoms with Gasteiger partial charge in [0.25, 0.3) is 0 Å². The number of anilines is 1. The third kappa shape index (κ3) is 2.85. The van der Waals surface area contributed by atoms with Gasteiger partial charge in [-0.1, -0.05) is 45.0 Å². The molecule has 2 amide bonds. The molecule has 0 radical (unpaired) electrons. The Morgan fingerprint density at radius 2 is 1.55 bits per heavy atom. The largest absolute Gasteiger partial charge is 0.494 e. The van der Waals surface area contributed by atoms with Crippen molar-refractivity contribution in [1.82, 2.24) is 5.32 Å². The van der Waals surface area contributed by atoms with E-state index in [2.05, 4.69) is 5.32 Å². The van der Waals surface area contributed by atoms with Crippen molar-refractivity contribution in [3.05, 3.63) is 59.7 Å². The normalized spacial score (nSPS) is 25.3. The maximum atomic E-state index is 13.8. The summed E-state index contributed by atoms with van der Waals surface area (Å²) in [7, 11) is 0. The zero-order valence-corrected chi connectivity index (χ0v) is 18.8.